The van der Waals surface area contributed by atoms with Gasteiger partial charge in [0.05, 0.1) is 12.2 Å². The summed E-state index contributed by atoms with van der Waals surface area (Å²) in [5.41, 5.74) is 4.26. The van der Waals surface area contributed by atoms with E-state index in [9.17, 15) is 0 Å². The number of benzene rings is 1. The Morgan fingerprint density at radius 1 is 1.36 bits per heavy atom. The number of hydrogen-bond acceptors (Lipinski definition) is 0. The molecule has 1 atom stereocenters. The average molecular weight is 187 g/mol. The average Bonchev–Trinajstić information content (AvgIpc) is 2.59. The number of aromatic amines is 1. The predicted molar refractivity (Wildman–Crippen MR) is 57.2 cm³/mol. The Labute approximate surface area is 83.3 Å². The van der Waals surface area contributed by atoms with Crippen LogP contribution in [0.1, 0.15) is 24.2 Å². The number of rotatable bonds is 0. The molecular weight excluding hydrogens is 172 g/mol. The molecule has 0 bridgehead atoms. The van der Waals surface area contributed by atoms with Gasteiger partial charge in [0.2, 0.25) is 0 Å². The van der Waals surface area contributed by atoms with Crippen LogP contribution in [0.2, 0.25) is 0 Å². The van der Waals surface area contributed by atoms with E-state index >= 15 is 0 Å². The Hall–Kier alpha value is -1.28. The minimum Gasteiger partial charge on any atom is -0.353 e. The minimum atomic E-state index is 0.589. The molecule has 1 aliphatic heterocycles. The number of nitrogens with two attached hydrogens (primary N) is 1. The van der Waals surface area contributed by atoms with E-state index in [-0.39, 0.29) is 0 Å². The second-order valence-corrected chi connectivity index (χ2v) is 4.13. The summed E-state index contributed by atoms with van der Waals surface area (Å²) in [7, 11) is 0. The largest absolute Gasteiger partial charge is 0.353 e. The van der Waals surface area contributed by atoms with Crippen LogP contribution in [0.5, 0.6) is 0 Å². The Bertz CT molecular complexity index is 470. The van der Waals surface area contributed by atoms with Gasteiger partial charge >= 0.3 is 0 Å². The fourth-order valence-corrected chi connectivity index (χ4v) is 2.47. The number of hydrogen-bond donors (Lipinski definition) is 2. The van der Waals surface area contributed by atoms with Crippen molar-refractivity contribution in [3.05, 3.63) is 35.5 Å². The highest BCUT2D eigenvalue weighted by Crippen LogP contribution is 2.26. The zero-order valence-electron chi connectivity index (χ0n) is 8.38. The molecule has 0 radical (unpaired) electrons. The monoisotopic (exact) mass is 187 g/mol. The molecule has 2 heteroatoms. The highest BCUT2D eigenvalue weighted by Gasteiger charge is 2.22. The normalized spacial score (nSPS) is 21.1. The van der Waals surface area contributed by atoms with E-state index in [1.165, 1.54) is 35.1 Å². The van der Waals surface area contributed by atoms with Crippen molar-refractivity contribution in [3.8, 4) is 0 Å². The van der Waals surface area contributed by atoms with Crippen LogP contribution < -0.4 is 5.32 Å². The fraction of sp³-hybridized carbons (Fsp3) is 0.333. The summed E-state index contributed by atoms with van der Waals surface area (Å²) in [5, 5.41) is 3.82. The third-order valence-electron chi connectivity index (χ3n) is 3.22. The van der Waals surface area contributed by atoms with Crippen molar-refractivity contribution in [2.24, 2.45) is 0 Å². The van der Waals surface area contributed by atoms with Crippen LogP contribution in [0.3, 0.4) is 0 Å². The lowest BCUT2D eigenvalue weighted by molar-refractivity contribution is -0.696. The standard InChI is InChI=1S/C12H14N2/c1-8-12-10(6-7-13-8)9-4-2-3-5-11(9)14-12/h2-5,8,13-14H,6-7H2,1H3/p+1. The second kappa shape index (κ2) is 2.85. The number of aromatic nitrogens is 1. The molecule has 1 aromatic carbocycles. The smallest absolute Gasteiger partial charge is 0.124 e. The molecule has 3 rings (SSSR count). The molecule has 1 aromatic heterocycles. The maximum Gasteiger partial charge on any atom is 0.124 e. The number of quaternary nitrogens is 1. The summed E-state index contributed by atoms with van der Waals surface area (Å²) in [6.07, 6.45) is 1.20. The van der Waals surface area contributed by atoms with Crippen molar-refractivity contribution in [2.75, 3.05) is 6.54 Å². The van der Waals surface area contributed by atoms with Gasteiger partial charge in [0.1, 0.15) is 6.04 Å². The van der Waals surface area contributed by atoms with Gasteiger partial charge in [-0.1, -0.05) is 18.2 Å². The molecule has 2 aromatic rings. The lowest BCUT2D eigenvalue weighted by atomic mass is 10.0. The quantitative estimate of drug-likeness (QED) is 0.624. The number of fused-ring (bicyclic) bond motifs is 3. The molecule has 0 aliphatic carbocycles. The molecule has 2 nitrogen and oxygen atoms in total. The molecule has 0 fully saturated rings. The summed E-state index contributed by atoms with van der Waals surface area (Å²) >= 11 is 0. The molecule has 72 valence electrons. The van der Waals surface area contributed by atoms with Gasteiger partial charge in [-0.15, -0.1) is 0 Å². The summed E-state index contributed by atoms with van der Waals surface area (Å²) in [5.74, 6) is 0. The molecule has 1 unspecified atom stereocenters. The van der Waals surface area contributed by atoms with Gasteiger partial charge in [-0.25, -0.2) is 0 Å². The summed E-state index contributed by atoms with van der Waals surface area (Å²) in [6, 6.07) is 9.20. The fourth-order valence-electron chi connectivity index (χ4n) is 2.47. The highest BCUT2D eigenvalue weighted by atomic mass is 15.0. The van der Waals surface area contributed by atoms with E-state index in [0.29, 0.717) is 6.04 Å². The van der Waals surface area contributed by atoms with Crippen molar-refractivity contribution >= 4 is 10.9 Å². The molecule has 0 amide bonds. The van der Waals surface area contributed by atoms with Crippen molar-refractivity contribution in [2.45, 2.75) is 19.4 Å². The molecule has 2 heterocycles. The SMILES string of the molecule is CC1[NH2+]CCc2c1[nH]c1ccccc21. The van der Waals surface area contributed by atoms with E-state index < -0.39 is 0 Å². The van der Waals surface area contributed by atoms with E-state index in [4.69, 9.17) is 0 Å². The first kappa shape index (κ1) is 8.06. The van der Waals surface area contributed by atoms with Gasteiger partial charge in [0, 0.05) is 17.3 Å². The van der Waals surface area contributed by atoms with Crippen molar-refractivity contribution in [1.82, 2.24) is 4.98 Å². The summed E-state index contributed by atoms with van der Waals surface area (Å²) in [6.45, 7) is 3.49. The van der Waals surface area contributed by atoms with Gasteiger partial charge < -0.3 is 10.3 Å². The van der Waals surface area contributed by atoms with E-state index in [2.05, 4.69) is 41.5 Å². The van der Waals surface area contributed by atoms with Crippen LogP contribution in [-0.4, -0.2) is 11.5 Å². The van der Waals surface area contributed by atoms with Crippen LogP contribution >= 0.6 is 0 Å². The first-order valence-electron chi connectivity index (χ1n) is 5.29. The molecule has 0 saturated carbocycles. The van der Waals surface area contributed by atoms with Crippen molar-refractivity contribution in [1.29, 1.82) is 0 Å². The van der Waals surface area contributed by atoms with Crippen LogP contribution in [0.25, 0.3) is 10.9 Å². The van der Waals surface area contributed by atoms with Crippen LogP contribution in [0, 0.1) is 0 Å². The zero-order valence-corrected chi connectivity index (χ0v) is 8.38. The van der Waals surface area contributed by atoms with Crippen LogP contribution in [0.4, 0.5) is 0 Å². The molecule has 14 heavy (non-hydrogen) atoms. The first-order chi connectivity index (χ1) is 6.86. The zero-order chi connectivity index (χ0) is 9.54. The predicted octanol–water partition coefficient (Wildman–Crippen LogP) is 1.35. The molecule has 0 saturated heterocycles. The lowest BCUT2D eigenvalue weighted by Crippen LogP contribution is -2.86. The lowest BCUT2D eigenvalue weighted by Gasteiger charge is -2.16. The Kier molecular flexibility index (Phi) is 1.64. The Balaban J connectivity index is 2.32. The third kappa shape index (κ3) is 1.01. The van der Waals surface area contributed by atoms with E-state index in [1.807, 2.05) is 0 Å². The van der Waals surface area contributed by atoms with Gasteiger partial charge in [0.25, 0.3) is 0 Å². The molecule has 1 aliphatic rings. The number of nitrogens with one attached hydrogen (secondary N) is 1. The van der Waals surface area contributed by atoms with Crippen molar-refractivity contribution < 1.29 is 5.32 Å². The number of para-hydroxylation sites is 1. The van der Waals surface area contributed by atoms with Crippen molar-refractivity contribution in [3.63, 3.8) is 0 Å². The third-order valence-corrected chi connectivity index (χ3v) is 3.22. The van der Waals surface area contributed by atoms with E-state index in [0.717, 1.165) is 0 Å². The molecule has 0 spiro atoms. The van der Waals surface area contributed by atoms with Gasteiger partial charge in [-0.05, 0) is 18.6 Å². The Morgan fingerprint density at radius 2 is 2.21 bits per heavy atom. The van der Waals surface area contributed by atoms with Gasteiger partial charge in [0.15, 0.2) is 0 Å². The topological polar surface area (TPSA) is 32.4 Å². The molecular formula is C12H15N2+. The summed E-state index contributed by atoms with van der Waals surface area (Å²) < 4.78 is 0. The van der Waals surface area contributed by atoms with Crippen LogP contribution in [-0.2, 0) is 6.42 Å². The van der Waals surface area contributed by atoms with Gasteiger partial charge in [-0.3, -0.25) is 0 Å². The highest BCUT2D eigenvalue weighted by molar-refractivity contribution is 5.84. The van der Waals surface area contributed by atoms with E-state index in [1.54, 1.807) is 0 Å². The van der Waals surface area contributed by atoms with Crippen LogP contribution in [0.15, 0.2) is 24.3 Å². The molecule has 3 N–H and O–H groups in total. The summed E-state index contributed by atoms with van der Waals surface area (Å²) in [4.78, 5) is 3.53. The first-order valence-corrected chi connectivity index (χ1v) is 5.29. The maximum atomic E-state index is 3.53. The Morgan fingerprint density at radius 3 is 3.14 bits per heavy atom. The van der Waals surface area contributed by atoms with Gasteiger partial charge in [-0.2, -0.15) is 0 Å². The maximum absolute atomic E-state index is 3.53. The minimum absolute atomic E-state index is 0.589. The number of H-pyrrole nitrogens is 1. The second-order valence-electron chi connectivity index (χ2n) is 4.13.